The van der Waals surface area contributed by atoms with Crippen molar-refractivity contribution in [3.8, 4) is 16.9 Å². The maximum absolute atomic E-state index is 13.1. The van der Waals surface area contributed by atoms with Crippen LogP contribution in [0.25, 0.3) is 11.1 Å². The van der Waals surface area contributed by atoms with E-state index in [4.69, 9.17) is 4.74 Å². The first-order valence-corrected chi connectivity index (χ1v) is 8.04. The van der Waals surface area contributed by atoms with Gasteiger partial charge in [0.25, 0.3) is 5.92 Å². The van der Waals surface area contributed by atoms with Crippen LogP contribution in [0, 0.1) is 0 Å². The average Bonchev–Trinajstić information content (AvgIpc) is 3.17. The van der Waals surface area contributed by atoms with E-state index in [1.165, 1.54) is 0 Å². The summed E-state index contributed by atoms with van der Waals surface area (Å²) < 4.78 is 33.5. The molecule has 0 radical (unpaired) electrons. The number of aromatic nitrogens is 2. The van der Waals surface area contributed by atoms with Crippen LogP contribution in [0.5, 0.6) is 5.75 Å². The standard InChI is InChI=1S/C17H20F2N4O2/c1-23-10-13(9-22-23)12-3-2-4-14(7-12)25-6-5-20-16(24)15-8-17(18,19)11-21-15/h2-4,7,9-10,15,21H,5-6,8,11H2,1H3,(H,20,24). The molecule has 3 rings (SSSR count). The second kappa shape index (κ2) is 7.18. The molecule has 2 N–H and O–H groups in total. The van der Waals surface area contributed by atoms with Gasteiger partial charge in [0.05, 0.1) is 25.3 Å². The van der Waals surface area contributed by atoms with Gasteiger partial charge >= 0.3 is 0 Å². The van der Waals surface area contributed by atoms with Gasteiger partial charge in [-0.3, -0.25) is 14.8 Å². The maximum Gasteiger partial charge on any atom is 0.262 e. The molecule has 8 heteroatoms. The Bertz CT molecular complexity index is 748. The second-order valence-electron chi connectivity index (χ2n) is 6.06. The zero-order chi connectivity index (χ0) is 17.9. The van der Waals surface area contributed by atoms with E-state index in [0.29, 0.717) is 5.75 Å². The quantitative estimate of drug-likeness (QED) is 0.777. The minimum atomic E-state index is -2.81. The number of carbonyl (C=O) groups is 1. The van der Waals surface area contributed by atoms with E-state index in [2.05, 4.69) is 15.7 Å². The van der Waals surface area contributed by atoms with E-state index in [0.717, 1.165) is 11.1 Å². The lowest BCUT2D eigenvalue weighted by atomic mass is 10.1. The lowest BCUT2D eigenvalue weighted by Gasteiger charge is -2.12. The van der Waals surface area contributed by atoms with E-state index >= 15 is 0 Å². The van der Waals surface area contributed by atoms with Crippen molar-refractivity contribution in [3.05, 3.63) is 36.7 Å². The fourth-order valence-corrected chi connectivity index (χ4v) is 2.70. The van der Waals surface area contributed by atoms with Crippen molar-refractivity contribution in [1.82, 2.24) is 20.4 Å². The Morgan fingerprint density at radius 1 is 1.48 bits per heavy atom. The molecule has 1 amide bonds. The van der Waals surface area contributed by atoms with Gasteiger partial charge in [0, 0.05) is 25.2 Å². The molecule has 1 aliphatic heterocycles. The third-order valence-corrected chi connectivity index (χ3v) is 3.97. The smallest absolute Gasteiger partial charge is 0.262 e. The third-order valence-electron chi connectivity index (χ3n) is 3.97. The Balaban J connectivity index is 1.46. The Morgan fingerprint density at radius 3 is 3.00 bits per heavy atom. The first-order chi connectivity index (χ1) is 11.9. The number of hydrogen-bond acceptors (Lipinski definition) is 4. The lowest BCUT2D eigenvalue weighted by molar-refractivity contribution is -0.123. The normalized spacial score (nSPS) is 18.9. The molecule has 1 fully saturated rings. The van der Waals surface area contributed by atoms with Crippen LogP contribution in [-0.4, -0.2) is 47.3 Å². The monoisotopic (exact) mass is 350 g/mol. The summed E-state index contributed by atoms with van der Waals surface area (Å²) in [5, 5.41) is 9.27. The van der Waals surface area contributed by atoms with Crippen molar-refractivity contribution in [2.45, 2.75) is 18.4 Å². The van der Waals surface area contributed by atoms with Crippen LogP contribution in [0.15, 0.2) is 36.7 Å². The Hall–Kier alpha value is -2.48. The highest BCUT2D eigenvalue weighted by Gasteiger charge is 2.42. The summed E-state index contributed by atoms with van der Waals surface area (Å²) >= 11 is 0. The molecule has 1 saturated heterocycles. The van der Waals surface area contributed by atoms with Gasteiger partial charge in [0.2, 0.25) is 5.91 Å². The van der Waals surface area contributed by atoms with E-state index in [-0.39, 0.29) is 13.2 Å². The summed E-state index contributed by atoms with van der Waals surface area (Å²) in [7, 11) is 1.85. The molecule has 0 spiro atoms. The number of nitrogens with one attached hydrogen (secondary N) is 2. The molecule has 134 valence electrons. The fourth-order valence-electron chi connectivity index (χ4n) is 2.70. The first-order valence-electron chi connectivity index (χ1n) is 8.04. The third kappa shape index (κ3) is 4.54. The van der Waals surface area contributed by atoms with Gasteiger partial charge in [0.15, 0.2) is 0 Å². The van der Waals surface area contributed by atoms with Crippen LogP contribution >= 0.6 is 0 Å². The molecule has 2 heterocycles. The zero-order valence-corrected chi connectivity index (χ0v) is 13.8. The van der Waals surface area contributed by atoms with E-state index < -0.39 is 30.8 Å². The number of ether oxygens (including phenoxy) is 1. The molecule has 6 nitrogen and oxygen atoms in total. The number of alkyl halides is 2. The number of benzene rings is 1. The van der Waals surface area contributed by atoms with Gasteiger partial charge in [-0.15, -0.1) is 0 Å². The van der Waals surface area contributed by atoms with Crippen molar-refractivity contribution in [2.24, 2.45) is 7.05 Å². The van der Waals surface area contributed by atoms with Gasteiger partial charge in [0.1, 0.15) is 12.4 Å². The van der Waals surface area contributed by atoms with Crippen molar-refractivity contribution in [1.29, 1.82) is 0 Å². The van der Waals surface area contributed by atoms with Crippen molar-refractivity contribution in [3.63, 3.8) is 0 Å². The average molecular weight is 350 g/mol. The molecular weight excluding hydrogens is 330 g/mol. The van der Waals surface area contributed by atoms with E-state index in [1.54, 1.807) is 10.9 Å². The number of carbonyl (C=O) groups excluding carboxylic acids is 1. The highest BCUT2D eigenvalue weighted by molar-refractivity contribution is 5.82. The highest BCUT2D eigenvalue weighted by atomic mass is 19.3. The fraction of sp³-hybridized carbons (Fsp3) is 0.412. The van der Waals surface area contributed by atoms with Crippen molar-refractivity contribution in [2.75, 3.05) is 19.7 Å². The predicted octanol–water partition coefficient (Wildman–Crippen LogP) is 1.58. The van der Waals surface area contributed by atoms with Gasteiger partial charge in [-0.1, -0.05) is 12.1 Å². The van der Waals surface area contributed by atoms with Gasteiger partial charge in [-0.25, -0.2) is 8.78 Å². The van der Waals surface area contributed by atoms with Crippen LogP contribution in [-0.2, 0) is 11.8 Å². The molecule has 1 unspecified atom stereocenters. The lowest BCUT2D eigenvalue weighted by Crippen LogP contribution is -2.41. The molecule has 0 aliphatic carbocycles. The molecule has 1 aliphatic rings. The number of amides is 1. The zero-order valence-electron chi connectivity index (χ0n) is 13.8. The number of halogens is 2. The van der Waals surface area contributed by atoms with Crippen molar-refractivity contribution >= 4 is 5.91 Å². The molecule has 0 saturated carbocycles. The largest absolute Gasteiger partial charge is 0.492 e. The first kappa shape index (κ1) is 17.3. The summed E-state index contributed by atoms with van der Waals surface area (Å²) in [6.45, 7) is 0.0494. The minimum Gasteiger partial charge on any atom is -0.492 e. The molecule has 0 bridgehead atoms. The van der Waals surface area contributed by atoms with E-state index in [1.807, 2.05) is 37.5 Å². The number of nitrogens with zero attached hydrogens (tertiary/aromatic N) is 2. The topological polar surface area (TPSA) is 68.2 Å². The second-order valence-corrected chi connectivity index (χ2v) is 6.06. The van der Waals surface area contributed by atoms with Crippen LogP contribution in [0.3, 0.4) is 0 Å². The predicted molar refractivity (Wildman–Crippen MR) is 88.5 cm³/mol. The van der Waals surface area contributed by atoms with Crippen LogP contribution in [0.4, 0.5) is 8.78 Å². The summed E-state index contributed by atoms with van der Waals surface area (Å²) in [6, 6.07) is 6.70. The number of aryl methyl sites for hydroxylation is 1. The SMILES string of the molecule is Cn1cc(-c2cccc(OCCNC(=O)C3CC(F)(F)CN3)c2)cn1. The van der Waals surface area contributed by atoms with Crippen LogP contribution < -0.4 is 15.4 Å². The highest BCUT2D eigenvalue weighted by Crippen LogP contribution is 2.25. The molecule has 2 aromatic rings. The molecule has 1 aromatic carbocycles. The van der Waals surface area contributed by atoms with Crippen LogP contribution in [0.2, 0.25) is 0 Å². The molecule has 25 heavy (non-hydrogen) atoms. The van der Waals surface area contributed by atoms with Crippen molar-refractivity contribution < 1.29 is 18.3 Å². The van der Waals surface area contributed by atoms with Gasteiger partial charge in [-0.05, 0) is 17.7 Å². The van der Waals surface area contributed by atoms with Gasteiger partial charge < -0.3 is 10.1 Å². The summed E-state index contributed by atoms with van der Waals surface area (Å²) in [4.78, 5) is 11.8. The minimum absolute atomic E-state index is 0.250. The Kier molecular flexibility index (Phi) is 4.98. The Morgan fingerprint density at radius 2 is 2.32 bits per heavy atom. The number of hydrogen-bond donors (Lipinski definition) is 2. The molecular formula is C17H20F2N4O2. The number of rotatable bonds is 6. The molecule has 1 atom stereocenters. The Labute approximate surface area is 144 Å². The maximum atomic E-state index is 13.1. The van der Waals surface area contributed by atoms with Crippen LogP contribution in [0.1, 0.15) is 6.42 Å². The molecule has 1 aromatic heterocycles. The van der Waals surface area contributed by atoms with E-state index in [9.17, 15) is 13.6 Å². The summed E-state index contributed by atoms with van der Waals surface area (Å²) in [6.07, 6.45) is 3.21. The van der Waals surface area contributed by atoms with Gasteiger partial charge in [-0.2, -0.15) is 5.10 Å². The summed E-state index contributed by atoms with van der Waals surface area (Å²) in [5.41, 5.74) is 1.96. The summed E-state index contributed by atoms with van der Waals surface area (Å²) in [5.74, 6) is -2.57.